The predicted molar refractivity (Wildman–Crippen MR) is 51.1 cm³/mol. The van der Waals surface area contributed by atoms with Gasteiger partial charge in [0.05, 0.1) is 19.1 Å². The lowest BCUT2D eigenvalue weighted by atomic mass is 10.1. The summed E-state index contributed by atoms with van der Waals surface area (Å²) in [6, 6.07) is 0. The van der Waals surface area contributed by atoms with Gasteiger partial charge in [-0.3, -0.25) is 4.65 Å². The zero-order chi connectivity index (χ0) is 10.0. The molecular formula is C10H17NO3. The molecule has 4 heteroatoms. The number of morpholine rings is 1. The van der Waals surface area contributed by atoms with Gasteiger partial charge in [-0.05, 0) is 12.8 Å². The topological polar surface area (TPSA) is 49.4 Å². The zero-order valence-corrected chi connectivity index (χ0v) is 8.41. The van der Waals surface area contributed by atoms with Crippen LogP contribution >= 0.6 is 0 Å². The number of carbonyl (C=O) groups excluding carboxylic acids is 1. The van der Waals surface area contributed by atoms with Gasteiger partial charge >= 0.3 is 5.91 Å². The highest BCUT2D eigenvalue weighted by Gasteiger charge is 2.37. The van der Waals surface area contributed by atoms with Gasteiger partial charge < -0.3 is 9.94 Å². The van der Waals surface area contributed by atoms with Gasteiger partial charge in [-0.15, -0.1) is 0 Å². The van der Waals surface area contributed by atoms with Crippen LogP contribution in [0.1, 0.15) is 25.7 Å². The van der Waals surface area contributed by atoms with Gasteiger partial charge in [0.15, 0.2) is 0 Å². The van der Waals surface area contributed by atoms with Crippen LogP contribution in [0.4, 0.5) is 0 Å². The Balaban J connectivity index is 2.00. The quantitative estimate of drug-likeness (QED) is 0.468. The zero-order valence-electron chi connectivity index (χ0n) is 8.41. The molecule has 1 saturated carbocycles. The Morgan fingerprint density at radius 3 is 2.36 bits per heavy atom. The molecule has 0 bridgehead atoms. The Bertz CT molecular complexity index is 217. The molecule has 0 spiro atoms. The molecule has 0 N–H and O–H groups in total. The van der Waals surface area contributed by atoms with Gasteiger partial charge in [-0.1, -0.05) is 12.8 Å². The van der Waals surface area contributed by atoms with Crippen LogP contribution in [0.2, 0.25) is 0 Å². The number of hydrogen-bond acceptors (Lipinski definition) is 3. The Labute approximate surface area is 84.0 Å². The molecule has 1 aliphatic carbocycles. The lowest BCUT2D eigenvalue weighted by Crippen LogP contribution is -2.56. The summed E-state index contributed by atoms with van der Waals surface area (Å²) in [5.41, 5.74) is 0. The van der Waals surface area contributed by atoms with Crippen molar-refractivity contribution in [2.75, 3.05) is 26.3 Å². The molecular weight excluding hydrogens is 182 g/mol. The minimum Gasteiger partial charge on any atom is -0.625 e. The van der Waals surface area contributed by atoms with E-state index < -0.39 is 4.65 Å². The molecule has 0 atom stereocenters. The lowest BCUT2D eigenvalue weighted by Gasteiger charge is -2.43. The fraction of sp³-hybridized carbons (Fsp3) is 0.900. The number of amides is 1. The first-order valence-corrected chi connectivity index (χ1v) is 5.43. The third-order valence-corrected chi connectivity index (χ3v) is 3.30. The summed E-state index contributed by atoms with van der Waals surface area (Å²) < 4.78 is 4.48. The Morgan fingerprint density at radius 2 is 1.79 bits per heavy atom. The molecule has 2 fully saturated rings. The van der Waals surface area contributed by atoms with Crippen molar-refractivity contribution in [1.29, 1.82) is 0 Å². The monoisotopic (exact) mass is 199 g/mol. The SMILES string of the molecule is O=C(C1CCCC1)[N+]1([O-])CCOCC1. The second-order valence-corrected chi connectivity index (χ2v) is 4.27. The largest absolute Gasteiger partial charge is 0.625 e. The highest BCUT2D eigenvalue weighted by Crippen LogP contribution is 2.29. The Morgan fingerprint density at radius 1 is 1.21 bits per heavy atom. The van der Waals surface area contributed by atoms with Crippen LogP contribution in [0.15, 0.2) is 0 Å². The van der Waals surface area contributed by atoms with Crippen LogP contribution in [0, 0.1) is 11.1 Å². The summed E-state index contributed by atoms with van der Waals surface area (Å²) in [5.74, 6) is -0.0589. The van der Waals surface area contributed by atoms with E-state index in [0.717, 1.165) is 25.7 Å². The molecule has 0 unspecified atom stereocenters. The van der Waals surface area contributed by atoms with Crippen molar-refractivity contribution in [2.45, 2.75) is 25.7 Å². The number of quaternary nitrogens is 1. The second kappa shape index (κ2) is 3.96. The van der Waals surface area contributed by atoms with Crippen LogP contribution in [0.3, 0.4) is 0 Å². The fourth-order valence-electron chi connectivity index (χ4n) is 2.36. The van der Waals surface area contributed by atoms with E-state index in [1.54, 1.807) is 0 Å². The number of hydrogen-bond donors (Lipinski definition) is 0. The molecule has 1 amide bonds. The van der Waals surface area contributed by atoms with Crippen LogP contribution in [0.5, 0.6) is 0 Å². The molecule has 1 aliphatic heterocycles. The highest BCUT2D eigenvalue weighted by atomic mass is 16.6. The maximum Gasteiger partial charge on any atom is 0.316 e. The molecule has 1 saturated heterocycles. The van der Waals surface area contributed by atoms with Crippen molar-refractivity contribution in [3.63, 3.8) is 0 Å². The van der Waals surface area contributed by atoms with Crippen molar-refractivity contribution >= 4 is 5.91 Å². The smallest absolute Gasteiger partial charge is 0.316 e. The molecule has 2 rings (SSSR count). The van der Waals surface area contributed by atoms with E-state index in [1.165, 1.54) is 0 Å². The van der Waals surface area contributed by atoms with Crippen LogP contribution in [-0.4, -0.2) is 36.9 Å². The second-order valence-electron chi connectivity index (χ2n) is 4.27. The van der Waals surface area contributed by atoms with E-state index in [9.17, 15) is 10.0 Å². The van der Waals surface area contributed by atoms with E-state index in [0.29, 0.717) is 26.3 Å². The predicted octanol–water partition coefficient (Wildman–Crippen LogP) is 1.05. The first-order valence-electron chi connectivity index (χ1n) is 5.43. The number of hydroxylamine groups is 3. The molecule has 0 radical (unpaired) electrons. The first kappa shape index (κ1) is 10.1. The Kier molecular flexibility index (Phi) is 2.85. The minimum atomic E-state index is -0.634. The maximum absolute atomic E-state index is 12.1. The van der Waals surface area contributed by atoms with Gasteiger partial charge in [-0.25, -0.2) is 4.79 Å². The minimum absolute atomic E-state index is 0.0330. The van der Waals surface area contributed by atoms with E-state index in [-0.39, 0.29) is 11.8 Å². The Hall–Kier alpha value is -0.450. The standard InChI is InChI=1S/C10H17NO3/c12-10(9-3-1-2-4-9)11(13)5-7-14-8-6-11/h9H,1-8H2. The maximum atomic E-state index is 12.1. The molecule has 0 aromatic rings. The van der Waals surface area contributed by atoms with Crippen molar-refractivity contribution in [1.82, 2.24) is 0 Å². The van der Waals surface area contributed by atoms with Crippen molar-refractivity contribution < 1.29 is 14.2 Å². The van der Waals surface area contributed by atoms with Crippen molar-refractivity contribution in [3.8, 4) is 0 Å². The molecule has 2 aliphatic rings. The van der Waals surface area contributed by atoms with E-state index in [2.05, 4.69) is 0 Å². The molecule has 1 heterocycles. The summed E-state index contributed by atoms with van der Waals surface area (Å²) in [4.78, 5) is 11.9. The number of ether oxygens (including phenoxy) is 1. The van der Waals surface area contributed by atoms with Crippen LogP contribution < -0.4 is 0 Å². The van der Waals surface area contributed by atoms with Crippen LogP contribution in [-0.2, 0) is 9.53 Å². The molecule has 14 heavy (non-hydrogen) atoms. The summed E-state index contributed by atoms with van der Waals surface area (Å²) in [6.45, 7) is 1.49. The van der Waals surface area contributed by atoms with E-state index in [1.807, 2.05) is 0 Å². The molecule has 0 aromatic carbocycles. The van der Waals surface area contributed by atoms with Gasteiger partial charge in [0.1, 0.15) is 13.1 Å². The van der Waals surface area contributed by atoms with Crippen LogP contribution in [0.25, 0.3) is 0 Å². The normalized spacial score (nSPS) is 27.8. The highest BCUT2D eigenvalue weighted by molar-refractivity contribution is 5.72. The van der Waals surface area contributed by atoms with Crippen molar-refractivity contribution in [3.05, 3.63) is 5.21 Å². The number of nitrogens with zero attached hydrogens (tertiary/aromatic N) is 1. The lowest BCUT2D eigenvalue weighted by molar-refractivity contribution is -0.815. The van der Waals surface area contributed by atoms with Gasteiger partial charge in [0.25, 0.3) is 0 Å². The molecule has 80 valence electrons. The van der Waals surface area contributed by atoms with Gasteiger partial charge in [-0.2, -0.15) is 0 Å². The first-order chi connectivity index (χ1) is 6.72. The molecule has 0 aromatic heterocycles. The van der Waals surface area contributed by atoms with Gasteiger partial charge in [0.2, 0.25) is 0 Å². The summed E-state index contributed by atoms with van der Waals surface area (Å²) in [7, 11) is 0. The average Bonchev–Trinajstić information content (AvgIpc) is 2.70. The third-order valence-electron chi connectivity index (χ3n) is 3.30. The summed E-state index contributed by atoms with van der Waals surface area (Å²) in [6.07, 6.45) is 4.05. The van der Waals surface area contributed by atoms with Crippen molar-refractivity contribution in [2.24, 2.45) is 5.92 Å². The van der Waals surface area contributed by atoms with E-state index >= 15 is 0 Å². The number of rotatable bonds is 1. The van der Waals surface area contributed by atoms with E-state index in [4.69, 9.17) is 4.74 Å². The average molecular weight is 199 g/mol. The third kappa shape index (κ3) is 1.82. The molecule has 4 nitrogen and oxygen atoms in total. The van der Waals surface area contributed by atoms with Gasteiger partial charge in [0, 0.05) is 0 Å². The fourth-order valence-corrected chi connectivity index (χ4v) is 2.36. The summed E-state index contributed by atoms with van der Waals surface area (Å²) in [5, 5.41) is 12.1. The summed E-state index contributed by atoms with van der Waals surface area (Å²) >= 11 is 0. The number of carbonyl (C=O) groups is 1.